The van der Waals surface area contributed by atoms with Crippen molar-refractivity contribution in [2.45, 2.75) is 20.4 Å². The van der Waals surface area contributed by atoms with Gasteiger partial charge in [0, 0.05) is 25.8 Å². The number of hydrogen-bond acceptors (Lipinski definition) is 3. The predicted octanol–water partition coefficient (Wildman–Crippen LogP) is 2.60. The average molecular weight is 240 g/mol. The van der Waals surface area contributed by atoms with Crippen LogP contribution in [0, 0.1) is 0 Å². The molecule has 1 rings (SSSR count). The van der Waals surface area contributed by atoms with E-state index in [2.05, 4.69) is 23.4 Å². The van der Waals surface area contributed by atoms with E-state index in [-0.39, 0.29) is 0 Å². The number of nitrogens with zero attached hydrogens (tertiary/aromatic N) is 2. The van der Waals surface area contributed by atoms with E-state index in [0.717, 1.165) is 30.0 Å². The second-order valence-electron chi connectivity index (χ2n) is 3.82. The molecule has 0 radical (unpaired) electrons. The van der Waals surface area contributed by atoms with Crippen LogP contribution in [0.5, 0.6) is 0 Å². The number of halogens is 1. The van der Waals surface area contributed by atoms with Gasteiger partial charge in [-0.05, 0) is 25.5 Å². The Hall–Kier alpha value is -1.06. The van der Waals surface area contributed by atoms with E-state index >= 15 is 0 Å². The standard InChI is InChI=1S/C12H18ClN3/c1-4-16(8-9(2)3)12-11(13)5-10(6-14)7-15-12/h5,7H,2,4,6,8,14H2,1,3H3. The fourth-order valence-corrected chi connectivity index (χ4v) is 1.79. The zero-order valence-corrected chi connectivity index (χ0v) is 10.6. The highest BCUT2D eigenvalue weighted by atomic mass is 35.5. The normalized spacial score (nSPS) is 10.2. The monoisotopic (exact) mass is 239 g/mol. The zero-order valence-electron chi connectivity index (χ0n) is 9.83. The van der Waals surface area contributed by atoms with Crippen molar-refractivity contribution in [1.29, 1.82) is 0 Å². The lowest BCUT2D eigenvalue weighted by Crippen LogP contribution is -2.25. The Morgan fingerprint density at radius 2 is 2.31 bits per heavy atom. The molecule has 0 atom stereocenters. The Labute approximate surface area is 102 Å². The molecule has 0 unspecified atom stereocenters. The van der Waals surface area contributed by atoms with Crippen LogP contribution in [0.1, 0.15) is 19.4 Å². The van der Waals surface area contributed by atoms with Gasteiger partial charge in [0.05, 0.1) is 5.02 Å². The molecule has 0 aliphatic rings. The first-order chi connectivity index (χ1) is 7.58. The number of nitrogens with two attached hydrogens (primary N) is 1. The van der Waals surface area contributed by atoms with Crippen molar-refractivity contribution in [2.24, 2.45) is 5.73 Å². The molecule has 1 heterocycles. The number of anilines is 1. The summed E-state index contributed by atoms with van der Waals surface area (Å²) >= 11 is 6.18. The van der Waals surface area contributed by atoms with Gasteiger partial charge in [-0.25, -0.2) is 4.98 Å². The second-order valence-corrected chi connectivity index (χ2v) is 4.23. The van der Waals surface area contributed by atoms with Gasteiger partial charge in [-0.1, -0.05) is 23.8 Å². The third-order valence-electron chi connectivity index (χ3n) is 2.26. The van der Waals surface area contributed by atoms with Crippen LogP contribution in [0.25, 0.3) is 0 Å². The van der Waals surface area contributed by atoms with Crippen molar-refractivity contribution in [3.8, 4) is 0 Å². The van der Waals surface area contributed by atoms with Gasteiger partial charge in [-0.2, -0.15) is 0 Å². The highest BCUT2D eigenvalue weighted by Gasteiger charge is 2.10. The van der Waals surface area contributed by atoms with Crippen molar-refractivity contribution in [3.05, 3.63) is 35.0 Å². The molecule has 0 amide bonds. The summed E-state index contributed by atoms with van der Waals surface area (Å²) in [5, 5.41) is 0.644. The Morgan fingerprint density at radius 3 is 2.75 bits per heavy atom. The van der Waals surface area contributed by atoms with Gasteiger partial charge in [0.25, 0.3) is 0 Å². The molecule has 0 saturated carbocycles. The van der Waals surface area contributed by atoms with E-state index < -0.39 is 0 Å². The zero-order chi connectivity index (χ0) is 12.1. The summed E-state index contributed by atoms with van der Waals surface area (Å²) in [4.78, 5) is 6.43. The van der Waals surface area contributed by atoms with Crippen molar-refractivity contribution in [3.63, 3.8) is 0 Å². The molecule has 0 aliphatic heterocycles. The smallest absolute Gasteiger partial charge is 0.147 e. The van der Waals surface area contributed by atoms with E-state index in [4.69, 9.17) is 17.3 Å². The van der Waals surface area contributed by atoms with E-state index in [1.165, 1.54) is 0 Å². The van der Waals surface area contributed by atoms with Crippen LogP contribution in [0.2, 0.25) is 5.02 Å². The molecule has 0 bridgehead atoms. The van der Waals surface area contributed by atoms with Gasteiger partial charge in [0.2, 0.25) is 0 Å². The van der Waals surface area contributed by atoms with Gasteiger partial charge in [0.1, 0.15) is 5.82 Å². The molecule has 1 aromatic rings. The number of rotatable bonds is 5. The number of pyridine rings is 1. The van der Waals surface area contributed by atoms with Crippen molar-refractivity contribution >= 4 is 17.4 Å². The van der Waals surface area contributed by atoms with E-state index in [9.17, 15) is 0 Å². The summed E-state index contributed by atoms with van der Waals surface area (Å²) in [6.07, 6.45) is 1.77. The van der Waals surface area contributed by atoms with Crippen LogP contribution in [-0.4, -0.2) is 18.1 Å². The van der Waals surface area contributed by atoms with Crippen molar-refractivity contribution in [2.75, 3.05) is 18.0 Å². The SMILES string of the molecule is C=C(C)CN(CC)c1ncc(CN)cc1Cl. The van der Waals surface area contributed by atoms with Gasteiger partial charge >= 0.3 is 0 Å². The third-order valence-corrected chi connectivity index (χ3v) is 2.53. The fraction of sp³-hybridized carbons (Fsp3) is 0.417. The van der Waals surface area contributed by atoms with Gasteiger partial charge in [-0.15, -0.1) is 0 Å². The quantitative estimate of drug-likeness (QED) is 0.804. The lowest BCUT2D eigenvalue weighted by molar-refractivity contribution is 0.856. The summed E-state index contributed by atoms with van der Waals surface area (Å²) in [5.74, 6) is 0.796. The maximum atomic E-state index is 6.18. The van der Waals surface area contributed by atoms with Crippen LogP contribution in [0.4, 0.5) is 5.82 Å². The topological polar surface area (TPSA) is 42.2 Å². The molecule has 3 nitrogen and oxygen atoms in total. The maximum Gasteiger partial charge on any atom is 0.147 e. The molecule has 16 heavy (non-hydrogen) atoms. The summed E-state index contributed by atoms with van der Waals surface area (Å²) in [6.45, 7) is 10.0. The summed E-state index contributed by atoms with van der Waals surface area (Å²) in [7, 11) is 0. The van der Waals surface area contributed by atoms with Crippen LogP contribution >= 0.6 is 11.6 Å². The minimum Gasteiger partial charge on any atom is -0.352 e. The van der Waals surface area contributed by atoms with Crippen molar-refractivity contribution < 1.29 is 0 Å². The van der Waals surface area contributed by atoms with Gasteiger partial charge < -0.3 is 10.6 Å². The minimum atomic E-state index is 0.458. The molecule has 0 fully saturated rings. The molecule has 0 saturated heterocycles. The Morgan fingerprint density at radius 1 is 1.62 bits per heavy atom. The number of aromatic nitrogens is 1. The van der Waals surface area contributed by atoms with E-state index in [1.807, 2.05) is 13.0 Å². The molecule has 88 valence electrons. The molecule has 1 aromatic heterocycles. The Balaban J connectivity index is 2.96. The maximum absolute atomic E-state index is 6.18. The number of likely N-dealkylation sites (N-methyl/N-ethyl adjacent to an activating group) is 1. The first kappa shape index (κ1) is 13.0. The van der Waals surface area contributed by atoms with Crippen LogP contribution < -0.4 is 10.6 Å². The second kappa shape index (κ2) is 5.87. The Kier molecular flexibility index (Phi) is 4.77. The minimum absolute atomic E-state index is 0.458. The van der Waals surface area contributed by atoms with Crippen molar-refractivity contribution in [1.82, 2.24) is 4.98 Å². The lowest BCUT2D eigenvalue weighted by Gasteiger charge is -2.23. The number of hydrogen-bond donors (Lipinski definition) is 1. The average Bonchev–Trinajstić information content (AvgIpc) is 2.25. The molecule has 0 spiro atoms. The van der Waals surface area contributed by atoms with Crippen LogP contribution in [0.15, 0.2) is 24.4 Å². The fourth-order valence-electron chi connectivity index (χ4n) is 1.48. The molecule has 4 heteroatoms. The lowest BCUT2D eigenvalue weighted by atomic mass is 10.2. The van der Waals surface area contributed by atoms with E-state index in [1.54, 1.807) is 6.20 Å². The first-order valence-electron chi connectivity index (χ1n) is 5.32. The largest absolute Gasteiger partial charge is 0.352 e. The molecule has 0 aliphatic carbocycles. The molecule has 2 N–H and O–H groups in total. The van der Waals surface area contributed by atoms with Gasteiger partial charge in [0.15, 0.2) is 0 Å². The van der Waals surface area contributed by atoms with Gasteiger partial charge in [-0.3, -0.25) is 0 Å². The van der Waals surface area contributed by atoms with Crippen LogP contribution in [-0.2, 0) is 6.54 Å². The van der Waals surface area contributed by atoms with E-state index in [0.29, 0.717) is 11.6 Å². The predicted molar refractivity (Wildman–Crippen MR) is 69.8 cm³/mol. The summed E-state index contributed by atoms with van der Waals surface area (Å²) in [5.41, 5.74) is 7.56. The highest BCUT2D eigenvalue weighted by molar-refractivity contribution is 6.33. The molecular weight excluding hydrogens is 222 g/mol. The third kappa shape index (κ3) is 3.22. The first-order valence-corrected chi connectivity index (χ1v) is 5.70. The highest BCUT2D eigenvalue weighted by Crippen LogP contribution is 2.24. The Bertz CT molecular complexity index is 377. The molecular formula is C12H18ClN3. The van der Waals surface area contributed by atoms with Crippen LogP contribution in [0.3, 0.4) is 0 Å². The summed E-state index contributed by atoms with van der Waals surface area (Å²) in [6, 6.07) is 1.87. The summed E-state index contributed by atoms with van der Waals surface area (Å²) < 4.78 is 0. The molecule has 0 aromatic carbocycles.